The predicted octanol–water partition coefficient (Wildman–Crippen LogP) is 2.10. The second kappa shape index (κ2) is 8.95. The maximum atomic E-state index is 11.7. The van der Waals surface area contributed by atoms with Gasteiger partial charge in [-0.1, -0.05) is 26.3 Å². The molecule has 0 aliphatic carbocycles. The Morgan fingerprint density at radius 3 is 2.43 bits per heavy atom. The first-order chi connectivity index (χ1) is 6.76. The molecule has 0 radical (unpaired) electrons. The van der Waals surface area contributed by atoms with Gasteiger partial charge in [0.1, 0.15) is 0 Å². The van der Waals surface area contributed by atoms with E-state index < -0.39 is 0 Å². The first-order valence-corrected chi connectivity index (χ1v) is 5.77. The highest BCUT2D eigenvalue weighted by Gasteiger charge is 2.07. The molecular formula is C12H24NO+. The summed E-state index contributed by atoms with van der Waals surface area (Å²) in [6.45, 7) is 5.14. The highest BCUT2D eigenvalue weighted by Crippen LogP contribution is 2.11. The van der Waals surface area contributed by atoms with Crippen LogP contribution in [0, 0.1) is 0 Å². The summed E-state index contributed by atoms with van der Waals surface area (Å²) in [4.78, 5) is 11.7. The van der Waals surface area contributed by atoms with Crippen molar-refractivity contribution in [1.29, 1.82) is 0 Å². The molecule has 0 amide bonds. The molecule has 0 aliphatic rings. The average molecular weight is 198 g/mol. The van der Waals surface area contributed by atoms with E-state index in [0.717, 1.165) is 44.2 Å². The van der Waals surface area contributed by atoms with Crippen LogP contribution in [0.25, 0.3) is 0 Å². The van der Waals surface area contributed by atoms with E-state index in [1.54, 1.807) is 0 Å². The van der Waals surface area contributed by atoms with E-state index in [9.17, 15) is 4.79 Å². The molecule has 0 aromatic rings. The van der Waals surface area contributed by atoms with Crippen LogP contribution in [0.4, 0.5) is 0 Å². The third-order valence-electron chi connectivity index (χ3n) is 2.23. The van der Waals surface area contributed by atoms with Gasteiger partial charge < -0.3 is 5.73 Å². The molecule has 0 fully saturated rings. The van der Waals surface area contributed by atoms with Gasteiger partial charge in [-0.05, 0) is 31.3 Å². The number of carbonyl (C=O) groups excluding carboxylic acids is 1. The number of ketones is 1. The number of hydrogen-bond donors (Lipinski definition) is 1. The van der Waals surface area contributed by atoms with Gasteiger partial charge in [0.2, 0.25) is 0 Å². The fourth-order valence-electron chi connectivity index (χ4n) is 1.49. The minimum atomic E-state index is 0.349. The lowest BCUT2D eigenvalue weighted by Gasteiger charge is -2.04. The van der Waals surface area contributed by atoms with Gasteiger partial charge in [-0.3, -0.25) is 4.79 Å². The lowest BCUT2D eigenvalue weighted by Crippen LogP contribution is -2.50. The summed E-state index contributed by atoms with van der Waals surface area (Å²) in [7, 11) is 0. The molecular weight excluding hydrogens is 174 g/mol. The topological polar surface area (TPSA) is 44.7 Å². The second-order valence-corrected chi connectivity index (χ2v) is 3.62. The highest BCUT2D eigenvalue weighted by molar-refractivity contribution is 5.95. The second-order valence-electron chi connectivity index (χ2n) is 3.62. The van der Waals surface area contributed by atoms with Crippen LogP contribution >= 0.6 is 0 Å². The Labute approximate surface area is 87.6 Å². The molecule has 14 heavy (non-hydrogen) atoms. The Morgan fingerprint density at radius 2 is 1.93 bits per heavy atom. The molecule has 0 unspecified atom stereocenters. The Kier molecular flexibility index (Phi) is 8.54. The molecule has 0 saturated carbocycles. The Bertz CT molecular complexity index is 185. The first-order valence-electron chi connectivity index (χ1n) is 5.77. The predicted molar refractivity (Wildman–Crippen MR) is 59.9 cm³/mol. The minimum absolute atomic E-state index is 0.349. The summed E-state index contributed by atoms with van der Waals surface area (Å²) in [5.74, 6) is 0.349. The molecule has 0 bridgehead atoms. The minimum Gasteiger partial charge on any atom is -0.358 e. The summed E-state index contributed by atoms with van der Waals surface area (Å²) in [5, 5.41) is 0. The summed E-state index contributed by atoms with van der Waals surface area (Å²) < 4.78 is 0. The zero-order chi connectivity index (χ0) is 10.8. The SMILES string of the molecule is CC/C=C(\CCC)C(=O)CCCC[NH3+]. The number of hydrogen-bond acceptors (Lipinski definition) is 1. The molecule has 0 aromatic carbocycles. The summed E-state index contributed by atoms with van der Waals surface area (Å²) in [5.41, 5.74) is 4.81. The Hall–Kier alpha value is -0.630. The van der Waals surface area contributed by atoms with Gasteiger partial charge in [-0.2, -0.15) is 0 Å². The molecule has 0 spiro atoms. The molecule has 2 heteroatoms. The first kappa shape index (κ1) is 13.4. The summed E-state index contributed by atoms with van der Waals surface area (Å²) >= 11 is 0. The maximum absolute atomic E-state index is 11.7. The number of carbonyl (C=O) groups is 1. The maximum Gasteiger partial charge on any atom is 0.158 e. The van der Waals surface area contributed by atoms with Crippen molar-refractivity contribution in [2.45, 2.75) is 52.4 Å². The van der Waals surface area contributed by atoms with E-state index >= 15 is 0 Å². The normalized spacial score (nSPS) is 11.8. The van der Waals surface area contributed by atoms with Gasteiger partial charge in [-0.15, -0.1) is 0 Å². The van der Waals surface area contributed by atoms with E-state index in [1.165, 1.54) is 0 Å². The highest BCUT2D eigenvalue weighted by atomic mass is 16.1. The van der Waals surface area contributed by atoms with Gasteiger partial charge in [0.25, 0.3) is 0 Å². The van der Waals surface area contributed by atoms with E-state index in [-0.39, 0.29) is 0 Å². The molecule has 0 aliphatic heterocycles. The van der Waals surface area contributed by atoms with Crippen molar-refractivity contribution in [3.05, 3.63) is 11.6 Å². The average Bonchev–Trinajstić information content (AvgIpc) is 2.18. The third-order valence-corrected chi connectivity index (χ3v) is 2.23. The molecule has 0 aromatic heterocycles. The molecule has 0 atom stereocenters. The van der Waals surface area contributed by atoms with E-state index in [1.807, 2.05) is 0 Å². The van der Waals surface area contributed by atoms with Gasteiger partial charge >= 0.3 is 0 Å². The molecule has 82 valence electrons. The van der Waals surface area contributed by atoms with Crippen LogP contribution in [0.1, 0.15) is 52.4 Å². The van der Waals surface area contributed by atoms with Gasteiger partial charge in [0.15, 0.2) is 5.78 Å². The summed E-state index contributed by atoms with van der Waals surface area (Å²) in [6, 6.07) is 0. The van der Waals surface area contributed by atoms with Crippen molar-refractivity contribution in [2.24, 2.45) is 0 Å². The van der Waals surface area contributed by atoms with E-state index in [2.05, 4.69) is 25.7 Å². The smallest absolute Gasteiger partial charge is 0.158 e. The number of Topliss-reactive ketones (excluding diaryl/α,β-unsaturated/α-hetero) is 1. The number of quaternary nitrogens is 1. The van der Waals surface area contributed by atoms with Crippen LogP contribution in [-0.4, -0.2) is 12.3 Å². The quantitative estimate of drug-likeness (QED) is 0.471. The van der Waals surface area contributed by atoms with E-state index in [0.29, 0.717) is 12.2 Å². The molecule has 0 heterocycles. The van der Waals surface area contributed by atoms with Crippen LogP contribution in [0.3, 0.4) is 0 Å². The van der Waals surface area contributed by atoms with Crippen LogP contribution < -0.4 is 5.73 Å². The molecule has 0 saturated heterocycles. The standard InChI is InChI=1S/C12H23NO/c1-3-7-11(8-4-2)12(14)9-5-6-10-13/h7H,3-6,8-10,13H2,1-2H3/p+1/b11-7+. The van der Waals surface area contributed by atoms with E-state index in [4.69, 9.17) is 0 Å². The fourth-order valence-corrected chi connectivity index (χ4v) is 1.49. The van der Waals surface area contributed by atoms with Gasteiger partial charge in [0, 0.05) is 6.42 Å². The fraction of sp³-hybridized carbons (Fsp3) is 0.750. The van der Waals surface area contributed by atoms with Crippen molar-refractivity contribution in [1.82, 2.24) is 0 Å². The van der Waals surface area contributed by atoms with Crippen LogP contribution in [0.2, 0.25) is 0 Å². The zero-order valence-corrected chi connectivity index (χ0v) is 9.64. The monoisotopic (exact) mass is 198 g/mol. The van der Waals surface area contributed by atoms with Crippen molar-refractivity contribution in [3.8, 4) is 0 Å². The third kappa shape index (κ3) is 5.92. The molecule has 0 rings (SSSR count). The largest absolute Gasteiger partial charge is 0.358 e. The molecule has 2 nitrogen and oxygen atoms in total. The van der Waals surface area contributed by atoms with Crippen molar-refractivity contribution >= 4 is 5.78 Å². The van der Waals surface area contributed by atoms with Crippen molar-refractivity contribution in [2.75, 3.05) is 6.54 Å². The molecule has 3 N–H and O–H groups in total. The lowest BCUT2D eigenvalue weighted by molar-refractivity contribution is -0.368. The Balaban J connectivity index is 3.96. The van der Waals surface area contributed by atoms with Crippen LogP contribution in [-0.2, 0) is 4.79 Å². The number of rotatable bonds is 8. The van der Waals surface area contributed by atoms with Gasteiger partial charge in [-0.25, -0.2) is 0 Å². The number of unbranched alkanes of at least 4 members (excludes halogenated alkanes) is 1. The van der Waals surface area contributed by atoms with Crippen molar-refractivity contribution < 1.29 is 10.5 Å². The van der Waals surface area contributed by atoms with Crippen molar-refractivity contribution in [3.63, 3.8) is 0 Å². The van der Waals surface area contributed by atoms with Crippen LogP contribution in [0.5, 0.6) is 0 Å². The van der Waals surface area contributed by atoms with Gasteiger partial charge in [0.05, 0.1) is 6.54 Å². The summed E-state index contributed by atoms with van der Waals surface area (Å²) in [6.07, 6.45) is 7.82. The Morgan fingerprint density at radius 1 is 1.21 bits per heavy atom. The zero-order valence-electron chi connectivity index (χ0n) is 9.64. The lowest BCUT2D eigenvalue weighted by atomic mass is 10.0. The number of allylic oxidation sites excluding steroid dienone is 2. The van der Waals surface area contributed by atoms with Crippen LogP contribution in [0.15, 0.2) is 11.6 Å².